The maximum absolute atomic E-state index is 11.9. The quantitative estimate of drug-likeness (QED) is 0.351. The van der Waals surface area contributed by atoms with E-state index >= 15 is 0 Å². The second-order valence-electron chi connectivity index (χ2n) is 4.07. The van der Waals surface area contributed by atoms with Crippen molar-refractivity contribution in [1.29, 1.82) is 0 Å². The SMILES string of the molecule is CCCCOC(=O)C(CC)(CCCC)P=O. The molecule has 0 bridgehead atoms. The molecule has 0 rings (SSSR count). The molecular weight excluding hydrogens is 223 g/mol. The summed E-state index contributed by atoms with van der Waals surface area (Å²) in [6, 6.07) is 0. The molecule has 0 aromatic rings. The Morgan fingerprint density at radius 3 is 2.25 bits per heavy atom. The number of rotatable bonds is 9. The minimum atomic E-state index is -0.802. The smallest absolute Gasteiger partial charge is 0.323 e. The topological polar surface area (TPSA) is 43.4 Å². The summed E-state index contributed by atoms with van der Waals surface area (Å²) in [5.74, 6) is -0.298. The van der Waals surface area contributed by atoms with Gasteiger partial charge in [-0.15, -0.1) is 0 Å². The Kier molecular flexibility index (Phi) is 8.46. The molecule has 0 aliphatic carbocycles. The Labute approximate surface area is 100 Å². The zero-order chi connectivity index (χ0) is 12.4. The van der Waals surface area contributed by atoms with Gasteiger partial charge in [0.2, 0.25) is 0 Å². The highest BCUT2D eigenvalue weighted by molar-refractivity contribution is 7.27. The Hall–Kier alpha value is -0.430. The maximum Gasteiger partial charge on any atom is 0.323 e. The summed E-state index contributed by atoms with van der Waals surface area (Å²) < 4.78 is 16.4. The summed E-state index contributed by atoms with van der Waals surface area (Å²) in [7, 11) is -0.102. The highest BCUT2D eigenvalue weighted by Gasteiger charge is 2.38. The van der Waals surface area contributed by atoms with E-state index in [4.69, 9.17) is 4.74 Å². The van der Waals surface area contributed by atoms with Crippen LogP contribution in [0.15, 0.2) is 0 Å². The molecule has 0 heterocycles. The Bertz CT molecular complexity index is 218. The van der Waals surface area contributed by atoms with Crippen molar-refractivity contribution in [3.8, 4) is 0 Å². The summed E-state index contributed by atoms with van der Waals surface area (Å²) in [6.07, 6.45) is 5.00. The summed E-state index contributed by atoms with van der Waals surface area (Å²) in [4.78, 5) is 11.9. The first-order valence-corrected chi connectivity index (χ1v) is 6.99. The zero-order valence-electron chi connectivity index (χ0n) is 10.6. The fraction of sp³-hybridized carbons (Fsp3) is 0.917. The second kappa shape index (κ2) is 8.69. The Balaban J connectivity index is 4.37. The molecular formula is C12H23O3P. The summed E-state index contributed by atoms with van der Waals surface area (Å²) in [6.45, 7) is 6.44. The maximum atomic E-state index is 11.9. The fourth-order valence-electron chi connectivity index (χ4n) is 1.48. The average Bonchev–Trinajstić information content (AvgIpc) is 2.31. The number of unbranched alkanes of at least 4 members (excludes halogenated alkanes) is 2. The van der Waals surface area contributed by atoms with Crippen LogP contribution in [0.25, 0.3) is 0 Å². The molecule has 0 aromatic carbocycles. The number of hydrogen-bond donors (Lipinski definition) is 0. The van der Waals surface area contributed by atoms with Gasteiger partial charge in [-0.3, -0.25) is 9.36 Å². The van der Waals surface area contributed by atoms with Crippen LogP contribution in [-0.4, -0.2) is 17.7 Å². The van der Waals surface area contributed by atoms with Gasteiger partial charge in [0.15, 0.2) is 8.46 Å². The third-order valence-electron chi connectivity index (χ3n) is 2.81. The molecule has 94 valence electrons. The fourth-order valence-corrected chi connectivity index (χ4v) is 2.00. The molecule has 0 fully saturated rings. The Morgan fingerprint density at radius 2 is 1.81 bits per heavy atom. The number of carbonyl (C=O) groups is 1. The van der Waals surface area contributed by atoms with E-state index < -0.39 is 5.16 Å². The predicted molar refractivity (Wildman–Crippen MR) is 66.0 cm³/mol. The van der Waals surface area contributed by atoms with Gasteiger partial charge in [-0.05, 0) is 19.3 Å². The van der Waals surface area contributed by atoms with Crippen molar-refractivity contribution < 1.29 is 14.1 Å². The highest BCUT2D eigenvalue weighted by Crippen LogP contribution is 2.34. The van der Waals surface area contributed by atoms with Crippen molar-refractivity contribution in [2.75, 3.05) is 6.61 Å². The van der Waals surface area contributed by atoms with E-state index in [0.717, 1.165) is 25.7 Å². The van der Waals surface area contributed by atoms with Gasteiger partial charge in [-0.2, -0.15) is 0 Å². The molecule has 0 aliphatic rings. The molecule has 0 saturated heterocycles. The van der Waals surface area contributed by atoms with Crippen molar-refractivity contribution >= 4 is 14.4 Å². The van der Waals surface area contributed by atoms with Crippen molar-refractivity contribution in [1.82, 2.24) is 0 Å². The molecule has 1 atom stereocenters. The van der Waals surface area contributed by atoms with Crippen molar-refractivity contribution in [3.05, 3.63) is 0 Å². The third-order valence-corrected chi connectivity index (χ3v) is 3.89. The molecule has 3 nitrogen and oxygen atoms in total. The number of hydrogen-bond acceptors (Lipinski definition) is 3. The Morgan fingerprint density at radius 1 is 1.19 bits per heavy atom. The van der Waals surface area contributed by atoms with Crippen LogP contribution in [0, 0.1) is 0 Å². The van der Waals surface area contributed by atoms with Gasteiger partial charge >= 0.3 is 5.97 Å². The van der Waals surface area contributed by atoms with Crippen LogP contribution in [0.5, 0.6) is 0 Å². The first-order valence-electron chi connectivity index (χ1n) is 6.18. The molecule has 1 unspecified atom stereocenters. The van der Waals surface area contributed by atoms with E-state index in [1.54, 1.807) is 0 Å². The lowest BCUT2D eigenvalue weighted by atomic mass is 9.98. The van der Waals surface area contributed by atoms with E-state index in [1.807, 2.05) is 13.8 Å². The molecule has 0 amide bonds. The molecule has 0 aromatic heterocycles. The highest BCUT2D eigenvalue weighted by atomic mass is 31.1. The number of ether oxygens (including phenoxy) is 1. The molecule has 0 saturated carbocycles. The molecule has 0 radical (unpaired) electrons. The average molecular weight is 246 g/mol. The lowest BCUT2D eigenvalue weighted by molar-refractivity contribution is -0.147. The molecule has 16 heavy (non-hydrogen) atoms. The third kappa shape index (κ3) is 4.61. The summed E-state index contributed by atoms with van der Waals surface area (Å²) in [5.41, 5.74) is 0. The van der Waals surface area contributed by atoms with Crippen LogP contribution in [0.3, 0.4) is 0 Å². The lowest BCUT2D eigenvalue weighted by Crippen LogP contribution is -2.34. The van der Waals surface area contributed by atoms with E-state index in [0.29, 0.717) is 19.4 Å². The number of esters is 1. The van der Waals surface area contributed by atoms with Crippen LogP contribution in [-0.2, 0) is 14.1 Å². The monoisotopic (exact) mass is 246 g/mol. The minimum absolute atomic E-state index is 0.102. The first-order chi connectivity index (χ1) is 7.66. The van der Waals surface area contributed by atoms with E-state index in [-0.39, 0.29) is 14.4 Å². The largest absolute Gasteiger partial charge is 0.465 e. The minimum Gasteiger partial charge on any atom is -0.465 e. The van der Waals surface area contributed by atoms with E-state index in [2.05, 4.69) is 6.92 Å². The van der Waals surface area contributed by atoms with Gasteiger partial charge < -0.3 is 4.74 Å². The second-order valence-corrected chi connectivity index (χ2v) is 5.11. The summed E-state index contributed by atoms with van der Waals surface area (Å²) >= 11 is 0. The van der Waals surface area contributed by atoms with Crippen LogP contribution in [0.4, 0.5) is 0 Å². The van der Waals surface area contributed by atoms with Crippen molar-refractivity contribution in [2.45, 2.75) is 64.5 Å². The molecule has 0 spiro atoms. The van der Waals surface area contributed by atoms with Crippen molar-refractivity contribution in [2.24, 2.45) is 0 Å². The normalized spacial score (nSPS) is 14.7. The zero-order valence-corrected chi connectivity index (χ0v) is 11.5. The molecule has 0 N–H and O–H groups in total. The molecule has 0 aliphatic heterocycles. The predicted octanol–water partition coefficient (Wildman–Crippen LogP) is 3.96. The van der Waals surface area contributed by atoms with Crippen molar-refractivity contribution in [3.63, 3.8) is 0 Å². The van der Waals surface area contributed by atoms with Gasteiger partial charge in [-0.1, -0.05) is 40.0 Å². The van der Waals surface area contributed by atoms with Crippen LogP contribution in [0.2, 0.25) is 0 Å². The van der Waals surface area contributed by atoms with Gasteiger partial charge in [-0.25, -0.2) is 0 Å². The lowest BCUT2D eigenvalue weighted by Gasteiger charge is -2.22. The first kappa shape index (κ1) is 15.6. The standard InChI is InChI=1S/C12H23O3P/c1-4-7-9-12(6-3,16-14)11(13)15-10-8-5-2/h4-10H2,1-3H3. The van der Waals surface area contributed by atoms with E-state index in [1.165, 1.54) is 0 Å². The van der Waals surface area contributed by atoms with Gasteiger partial charge in [0.25, 0.3) is 0 Å². The van der Waals surface area contributed by atoms with Crippen LogP contribution >= 0.6 is 8.46 Å². The van der Waals surface area contributed by atoms with Gasteiger partial charge in [0.05, 0.1) is 6.61 Å². The number of carbonyl (C=O) groups excluding carboxylic acids is 1. The van der Waals surface area contributed by atoms with E-state index in [9.17, 15) is 9.36 Å². The molecule has 4 heteroatoms. The van der Waals surface area contributed by atoms with Gasteiger partial charge in [0, 0.05) is 0 Å². The van der Waals surface area contributed by atoms with Crippen LogP contribution < -0.4 is 0 Å². The van der Waals surface area contributed by atoms with Crippen LogP contribution in [0.1, 0.15) is 59.3 Å². The van der Waals surface area contributed by atoms with Gasteiger partial charge in [0.1, 0.15) is 5.16 Å². The summed E-state index contributed by atoms with van der Waals surface area (Å²) in [5, 5.41) is -0.802.